The first kappa shape index (κ1) is 31.0. The van der Waals surface area contributed by atoms with Crippen LogP contribution in [0.4, 0.5) is 0 Å². The van der Waals surface area contributed by atoms with Gasteiger partial charge < -0.3 is 19.1 Å². The number of hydrogen-bond acceptors (Lipinski definition) is 8. The van der Waals surface area contributed by atoms with Crippen LogP contribution in [0.25, 0.3) is 15.2 Å². The van der Waals surface area contributed by atoms with Gasteiger partial charge in [0.25, 0.3) is 5.56 Å². The summed E-state index contributed by atoms with van der Waals surface area (Å²) in [5.74, 6) is 0.376. The van der Waals surface area contributed by atoms with Crippen LogP contribution < -0.4 is 11.2 Å². The maximum Gasteiger partial charge on any atom is 0.333 e. The third kappa shape index (κ3) is 5.75. The number of amides is 1. The average Bonchev–Trinajstić information content (AvgIpc) is 3.77. The lowest BCUT2D eigenvalue weighted by molar-refractivity contribution is -0.138. The monoisotopic (exact) mass is 611 g/mol. The SMILES string of the molecule is C=C/C(=C(\C)OC)[C@H](Cn1c(=O)n(C(C)(C)C(=O)N2CCCC2)c(=O)c2c(C)c(-n3cccn3)sc21)OC1CCOCC1. The summed E-state index contributed by atoms with van der Waals surface area (Å²) in [7, 11) is 1.58. The number of hydrogen-bond donors (Lipinski definition) is 0. The molecule has 2 fully saturated rings. The average molecular weight is 612 g/mol. The largest absolute Gasteiger partial charge is 0.501 e. The van der Waals surface area contributed by atoms with Crippen molar-refractivity contribution in [2.24, 2.45) is 0 Å². The zero-order valence-corrected chi connectivity index (χ0v) is 26.4. The number of rotatable bonds is 10. The summed E-state index contributed by atoms with van der Waals surface area (Å²) in [5, 5.41) is 5.49. The van der Waals surface area contributed by atoms with Gasteiger partial charge in [-0.2, -0.15) is 5.10 Å². The molecule has 0 N–H and O–H groups in total. The lowest BCUT2D eigenvalue weighted by Gasteiger charge is -2.32. The Labute approximate surface area is 254 Å². The van der Waals surface area contributed by atoms with Crippen molar-refractivity contribution in [3.63, 3.8) is 0 Å². The highest BCUT2D eigenvalue weighted by Crippen LogP contribution is 2.33. The number of ether oxygens (including phenoxy) is 3. The fraction of sp³-hybridized carbons (Fsp3) is 0.548. The molecule has 1 atom stereocenters. The molecule has 0 bridgehead atoms. The minimum Gasteiger partial charge on any atom is -0.501 e. The standard InChI is InChI=1S/C31H41N5O6S/c1-7-23(21(3)40-6)24(42-22-11-17-41-18-12-22)19-34-28-25(20(2)27(43-28)35-16-10-13-32-35)26(37)36(30(34)39)31(4,5)29(38)33-14-8-9-15-33/h7,10,13,16,22,24H,1,8-9,11-12,14-15,17-19H2,2-6H3/b23-21-/t24-/m0/s1. The minimum atomic E-state index is -1.41. The zero-order chi connectivity index (χ0) is 30.9. The molecule has 5 heterocycles. The lowest BCUT2D eigenvalue weighted by Crippen LogP contribution is -2.56. The molecule has 0 aliphatic carbocycles. The Morgan fingerprint density at radius 2 is 1.95 bits per heavy atom. The molecule has 12 heteroatoms. The van der Waals surface area contributed by atoms with Gasteiger partial charge in [0.2, 0.25) is 5.91 Å². The van der Waals surface area contributed by atoms with E-state index in [1.165, 1.54) is 11.3 Å². The van der Waals surface area contributed by atoms with E-state index in [9.17, 15) is 14.4 Å². The second kappa shape index (κ2) is 12.6. The van der Waals surface area contributed by atoms with E-state index >= 15 is 0 Å². The molecule has 11 nitrogen and oxygen atoms in total. The number of methoxy groups -OCH3 is 1. The summed E-state index contributed by atoms with van der Waals surface area (Å²) in [6.07, 6.45) is 7.70. The highest BCUT2D eigenvalue weighted by atomic mass is 32.1. The lowest BCUT2D eigenvalue weighted by atomic mass is 10.0. The predicted octanol–water partition coefficient (Wildman–Crippen LogP) is 3.75. The van der Waals surface area contributed by atoms with E-state index in [-0.39, 0.29) is 18.6 Å². The van der Waals surface area contributed by atoms with Crippen LogP contribution in [0.1, 0.15) is 52.0 Å². The van der Waals surface area contributed by atoms with Gasteiger partial charge in [0.1, 0.15) is 21.5 Å². The fourth-order valence-corrected chi connectivity index (χ4v) is 7.29. The highest BCUT2D eigenvalue weighted by molar-refractivity contribution is 7.21. The third-order valence-electron chi connectivity index (χ3n) is 8.53. The quantitative estimate of drug-likeness (QED) is 0.254. The number of carbonyl (C=O) groups is 1. The Morgan fingerprint density at radius 1 is 1.26 bits per heavy atom. The van der Waals surface area contributed by atoms with Crippen LogP contribution in [0.2, 0.25) is 0 Å². The first-order valence-electron chi connectivity index (χ1n) is 14.8. The Kier molecular flexibility index (Phi) is 9.10. The van der Waals surface area contributed by atoms with Crippen LogP contribution in [-0.4, -0.2) is 75.3 Å². The van der Waals surface area contributed by atoms with Crippen molar-refractivity contribution < 1.29 is 19.0 Å². The van der Waals surface area contributed by atoms with Gasteiger partial charge in [-0.3, -0.25) is 14.2 Å². The van der Waals surface area contributed by atoms with Crippen molar-refractivity contribution in [1.82, 2.24) is 23.8 Å². The van der Waals surface area contributed by atoms with Crippen LogP contribution in [0, 0.1) is 6.92 Å². The molecule has 2 aliphatic rings. The van der Waals surface area contributed by atoms with Crippen LogP contribution in [-0.2, 0) is 31.1 Å². The van der Waals surface area contributed by atoms with Crippen molar-refractivity contribution >= 4 is 27.5 Å². The van der Waals surface area contributed by atoms with Gasteiger partial charge in [-0.25, -0.2) is 14.0 Å². The van der Waals surface area contributed by atoms with Crippen molar-refractivity contribution in [1.29, 1.82) is 0 Å². The maximum absolute atomic E-state index is 14.5. The first-order chi connectivity index (χ1) is 20.6. The molecular weight excluding hydrogens is 570 g/mol. The Balaban J connectivity index is 1.74. The van der Waals surface area contributed by atoms with Gasteiger partial charge in [0, 0.05) is 49.8 Å². The zero-order valence-electron chi connectivity index (χ0n) is 25.6. The summed E-state index contributed by atoms with van der Waals surface area (Å²) in [6.45, 7) is 13.5. The van der Waals surface area contributed by atoms with E-state index in [0.29, 0.717) is 53.4 Å². The second-order valence-corrected chi connectivity index (χ2v) is 12.6. The van der Waals surface area contributed by atoms with Crippen molar-refractivity contribution in [3.8, 4) is 5.00 Å². The van der Waals surface area contributed by atoms with Crippen molar-refractivity contribution in [2.75, 3.05) is 33.4 Å². The van der Waals surface area contributed by atoms with E-state index in [4.69, 9.17) is 14.2 Å². The van der Waals surface area contributed by atoms with Crippen molar-refractivity contribution in [2.45, 2.75) is 77.7 Å². The number of thiophene rings is 1. The Bertz CT molecular complexity index is 1640. The second-order valence-electron chi connectivity index (χ2n) is 11.6. The summed E-state index contributed by atoms with van der Waals surface area (Å²) < 4.78 is 22.2. The normalized spacial score (nSPS) is 17.7. The van der Waals surface area contributed by atoms with E-state index in [1.54, 1.807) is 59.6 Å². The summed E-state index contributed by atoms with van der Waals surface area (Å²) >= 11 is 1.32. The minimum absolute atomic E-state index is 0.0848. The van der Waals surface area contributed by atoms with Crippen LogP contribution >= 0.6 is 11.3 Å². The summed E-state index contributed by atoms with van der Waals surface area (Å²) in [5.41, 5.74) is -1.07. The van der Waals surface area contributed by atoms with E-state index in [1.807, 2.05) is 13.8 Å². The number of nitrogens with zero attached hydrogens (tertiary/aromatic N) is 5. The van der Waals surface area contributed by atoms with E-state index in [0.717, 1.165) is 35.3 Å². The molecule has 1 amide bonds. The van der Waals surface area contributed by atoms with Gasteiger partial charge in [-0.05, 0) is 59.4 Å². The fourth-order valence-electron chi connectivity index (χ4n) is 6.04. The number of aromatic nitrogens is 4. The molecule has 2 aliphatic heterocycles. The number of fused-ring (bicyclic) bond motifs is 1. The molecule has 3 aromatic heterocycles. The van der Waals surface area contributed by atoms with E-state index in [2.05, 4.69) is 11.7 Å². The molecule has 0 spiro atoms. The molecular formula is C31H41N5O6S. The number of carbonyl (C=O) groups excluding carboxylic acids is 1. The molecule has 0 saturated carbocycles. The first-order valence-corrected chi connectivity index (χ1v) is 15.6. The van der Waals surface area contributed by atoms with E-state index < -0.39 is 22.9 Å². The van der Waals surface area contributed by atoms with Crippen LogP contribution in [0.15, 0.2) is 52.0 Å². The highest BCUT2D eigenvalue weighted by Gasteiger charge is 2.39. The van der Waals surface area contributed by atoms with Gasteiger partial charge in [0.15, 0.2) is 0 Å². The Morgan fingerprint density at radius 3 is 2.56 bits per heavy atom. The molecule has 0 aromatic carbocycles. The smallest absolute Gasteiger partial charge is 0.333 e. The molecule has 0 unspecified atom stereocenters. The Hall–Kier alpha value is -3.48. The third-order valence-corrected chi connectivity index (χ3v) is 9.83. The molecule has 43 heavy (non-hydrogen) atoms. The summed E-state index contributed by atoms with van der Waals surface area (Å²) in [4.78, 5) is 44.9. The van der Waals surface area contributed by atoms with Gasteiger partial charge in [0.05, 0.1) is 30.9 Å². The van der Waals surface area contributed by atoms with Crippen LogP contribution in [0.3, 0.4) is 0 Å². The molecule has 2 saturated heterocycles. The number of allylic oxidation sites excluding steroid dienone is 1. The van der Waals surface area contributed by atoms with Crippen molar-refractivity contribution in [3.05, 3.63) is 68.8 Å². The molecule has 5 rings (SSSR count). The number of aryl methyl sites for hydroxylation is 1. The number of likely N-dealkylation sites (tertiary alicyclic amines) is 1. The van der Waals surface area contributed by atoms with Gasteiger partial charge >= 0.3 is 5.69 Å². The molecule has 232 valence electrons. The van der Waals surface area contributed by atoms with Gasteiger partial charge in [-0.1, -0.05) is 24.0 Å². The topological polar surface area (TPSA) is 110 Å². The van der Waals surface area contributed by atoms with Gasteiger partial charge in [-0.15, -0.1) is 0 Å². The van der Waals surface area contributed by atoms with Crippen LogP contribution in [0.5, 0.6) is 0 Å². The molecule has 3 aromatic rings. The maximum atomic E-state index is 14.5. The predicted molar refractivity (Wildman–Crippen MR) is 166 cm³/mol. The summed E-state index contributed by atoms with van der Waals surface area (Å²) in [6, 6.07) is 1.81. The molecule has 0 radical (unpaired) electrons.